The zero-order valence-corrected chi connectivity index (χ0v) is 8.86. The average Bonchev–Trinajstić information content (AvgIpc) is 2.19. The molecule has 0 spiro atoms. The van der Waals surface area contributed by atoms with Crippen LogP contribution < -0.4 is 0 Å². The molecule has 76 valence electrons. The molecule has 0 aliphatic heterocycles. The van der Waals surface area contributed by atoms with Gasteiger partial charge in [-0.1, -0.05) is 0 Å². The smallest absolute Gasteiger partial charge is 0.258 e. The predicted octanol–water partition coefficient (Wildman–Crippen LogP) is 3.04. The molecule has 0 saturated heterocycles. The summed E-state index contributed by atoms with van der Waals surface area (Å²) in [5.74, 6) is -0.441. The van der Waals surface area contributed by atoms with E-state index in [0.29, 0.717) is 10.9 Å². The number of hydrogen-bond acceptors (Lipinski definition) is 3. The van der Waals surface area contributed by atoms with Gasteiger partial charge in [-0.3, -0.25) is 10.1 Å². The molecule has 0 atom stereocenters. The molecule has 0 fully saturated rings. The van der Waals surface area contributed by atoms with Crippen LogP contribution >= 0.6 is 15.9 Å². The molecule has 0 aliphatic carbocycles. The summed E-state index contributed by atoms with van der Waals surface area (Å²) < 4.78 is 13.3. The molecule has 0 bridgehead atoms. The molecular formula is C9H4BrFN2O2. The van der Waals surface area contributed by atoms with Crippen LogP contribution in [0.5, 0.6) is 0 Å². The number of nitro groups is 1. The van der Waals surface area contributed by atoms with Crippen LogP contribution in [0.25, 0.3) is 10.9 Å². The van der Waals surface area contributed by atoms with Crippen molar-refractivity contribution in [1.29, 1.82) is 0 Å². The molecular weight excluding hydrogens is 267 g/mol. The molecule has 4 nitrogen and oxygen atoms in total. The van der Waals surface area contributed by atoms with Crippen molar-refractivity contribution >= 4 is 32.5 Å². The van der Waals surface area contributed by atoms with E-state index in [1.54, 1.807) is 0 Å². The van der Waals surface area contributed by atoms with Gasteiger partial charge in [0.1, 0.15) is 12.0 Å². The van der Waals surface area contributed by atoms with Gasteiger partial charge >= 0.3 is 0 Å². The Morgan fingerprint density at radius 2 is 2.13 bits per heavy atom. The Kier molecular flexibility index (Phi) is 2.36. The zero-order valence-electron chi connectivity index (χ0n) is 7.28. The van der Waals surface area contributed by atoms with Crippen molar-refractivity contribution in [3.8, 4) is 0 Å². The normalized spacial score (nSPS) is 10.5. The predicted molar refractivity (Wildman–Crippen MR) is 56.1 cm³/mol. The van der Waals surface area contributed by atoms with Crippen molar-refractivity contribution < 1.29 is 9.31 Å². The van der Waals surface area contributed by atoms with Gasteiger partial charge < -0.3 is 0 Å². The fourth-order valence-electron chi connectivity index (χ4n) is 1.21. The van der Waals surface area contributed by atoms with Crippen molar-refractivity contribution in [2.45, 2.75) is 0 Å². The van der Waals surface area contributed by atoms with Crippen LogP contribution in [0.3, 0.4) is 0 Å². The van der Waals surface area contributed by atoms with Gasteiger partial charge in [0.15, 0.2) is 0 Å². The number of fused-ring (bicyclic) bond motifs is 1. The van der Waals surface area contributed by atoms with Crippen LogP contribution in [0.1, 0.15) is 0 Å². The summed E-state index contributed by atoms with van der Waals surface area (Å²) in [4.78, 5) is 13.7. The second-order valence-electron chi connectivity index (χ2n) is 2.91. The second kappa shape index (κ2) is 3.54. The van der Waals surface area contributed by atoms with Gasteiger partial charge in [-0.05, 0) is 22.0 Å². The maximum atomic E-state index is 13.1. The lowest BCUT2D eigenvalue weighted by Crippen LogP contribution is -1.90. The summed E-state index contributed by atoms with van der Waals surface area (Å²) in [5, 5.41) is 11.0. The highest BCUT2D eigenvalue weighted by atomic mass is 79.9. The van der Waals surface area contributed by atoms with E-state index in [0.717, 1.165) is 6.20 Å². The first-order valence-electron chi connectivity index (χ1n) is 3.97. The van der Waals surface area contributed by atoms with Crippen LogP contribution in [0, 0.1) is 15.9 Å². The molecule has 1 aromatic heterocycles. The Morgan fingerprint density at radius 3 is 2.80 bits per heavy atom. The number of nitrogens with zero attached hydrogens (tertiary/aromatic N) is 2. The lowest BCUT2D eigenvalue weighted by atomic mass is 10.2. The van der Waals surface area contributed by atoms with Crippen LogP contribution in [0.4, 0.5) is 10.1 Å². The van der Waals surface area contributed by atoms with Crippen molar-refractivity contribution in [2.75, 3.05) is 0 Å². The molecule has 0 radical (unpaired) electrons. The molecule has 2 rings (SSSR count). The summed E-state index contributed by atoms with van der Waals surface area (Å²) in [6.45, 7) is 0. The number of benzene rings is 1. The minimum absolute atomic E-state index is 0.110. The quantitative estimate of drug-likeness (QED) is 0.591. The minimum atomic E-state index is -0.538. The summed E-state index contributed by atoms with van der Waals surface area (Å²) in [7, 11) is 0. The monoisotopic (exact) mass is 270 g/mol. The van der Waals surface area contributed by atoms with E-state index in [1.165, 1.54) is 18.2 Å². The van der Waals surface area contributed by atoms with E-state index in [1.807, 2.05) is 0 Å². The first-order valence-corrected chi connectivity index (χ1v) is 4.76. The van der Waals surface area contributed by atoms with Gasteiger partial charge in [-0.25, -0.2) is 9.37 Å². The molecule has 0 unspecified atom stereocenters. The summed E-state index contributed by atoms with van der Waals surface area (Å²) in [5.41, 5.74) is 0.280. The van der Waals surface area contributed by atoms with Crippen molar-refractivity contribution in [1.82, 2.24) is 4.98 Å². The summed E-state index contributed by atoms with van der Waals surface area (Å²) in [6, 6.07) is 4.04. The molecule has 0 N–H and O–H groups in total. The van der Waals surface area contributed by atoms with E-state index in [9.17, 15) is 14.5 Å². The molecule has 1 heterocycles. The van der Waals surface area contributed by atoms with Gasteiger partial charge in [-0.15, -0.1) is 0 Å². The molecule has 15 heavy (non-hydrogen) atoms. The molecule has 1 aromatic carbocycles. The lowest BCUT2D eigenvalue weighted by molar-refractivity contribution is -0.385. The fraction of sp³-hybridized carbons (Fsp3) is 0. The van der Waals surface area contributed by atoms with Gasteiger partial charge in [0.25, 0.3) is 5.69 Å². The summed E-state index contributed by atoms with van der Waals surface area (Å²) >= 11 is 3.01. The first-order chi connectivity index (χ1) is 7.08. The van der Waals surface area contributed by atoms with E-state index in [2.05, 4.69) is 20.9 Å². The largest absolute Gasteiger partial charge is 0.288 e. The highest BCUT2D eigenvalue weighted by Crippen LogP contribution is 2.24. The van der Waals surface area contributed by atoms with Crippen molar-refractivity contribution in [3.63, 3.8) is 0 Å². The number of halogens is 2. The molecule has 0 amide bonds. The van der Waals surface area contributed by atoms with E-state index in [-0.39, 0.29) is 10.2 Å². The van der Waals surface area contributed by atoms with Gasteiger partial charge in [0.05, 0.1) is 14.9 Å². The number of rotatable bonds is 1. The fourth-order valence-corrected chi connectivity index (χ4v) is 1.57. The molecule has 0 aliphatic rings. The highest BCUT2D eigenvalue weighted by molar-refractivity contribution is 9.10. The average molecular weight is 271 g/mol. The maximum Gasteiger partial charge on any atom is 0.288 e. The Labute approximate surface area is 92.0 Å². The van der Waals surface area contributed by atoms with Crippen LogP contribution in [0.15, 0.2) is 28.9 Å². The SMILES string of the molecule is O=[N+]([O-])c1cnc2cc(F)c(Br)cc2c1. The van der Waals surface area contributed by atoms with Crippen LogP contribution in [0.2, 0.25) is 0 Å². The van der Waals surface area contributed by atoms with Gasteiger partial charge in [-0.2, -0.15) is 0 Å². The Hall–Kier alpha value is -1.56. The number of pyridine rings is 1. The lowest BCUT2D eigenvalue weighted by Gasteiger charge is -1.99. The highest BCUT2D eigenvalue weighted by Gasteiger charge is 2.09. The van der Waals surface area contributed by atoms with E-state index < -0.39 is 10.7 Å². The standard InChI is InChI=1S/C9H4BrFN2O2/c10-7-2-5-1-6(13(14)15)4-12-9(5)3-8(7)11/h1-4H. The Morgan fingerprint density at radius 1 is 1.40 bits per heavy atom. The third-order valence-electron chi connectivity index (χ3n) is 1.92. The topological polar surface area (TPSA) is 56.0 Å². The molecule has 6 heteroatoms. The van der Waals surface area contributed by atoms with E-state index in [4.69, 9.17) is 0 Å². The van der Waals surface area contributed by atoms with Crippen molar-refractivity contribution in [2.24, 2.45) is 0 Å². The third kappa shape index (κ3) is 1.80. The van der Waals surface area contributed by atoms with E-state index >= 15 is 0 Å². The zero-order chi connectivity index (χ0) is 11.0. The maximum absolute atomic E-state index is 13.1. The first kappa shape index (κ1) is 9.97. The van der Waals surface area contributed by atoms with Crippen LogP contribution in [-0.4, -0.2) is 9.91 Å². The Balaban J connectivity index is 2.72. The number of hydrogen-bond donors (Lipinski definition) is 0. The van der Waals surface area contributed by atoms with Crippen LogP contribution in [-0.2, 0) is 0 Å². The van der Waals surface area contributed by atoms with Gasteiger partial charge in [0, 0.05) is 17.5 Å². The molecule has 2 aromatic rings. The molecule has 0 saturated carbocycles. The third-order valence-corrected chi connectivity index (χ3v) is 2.53. The summed E-state index contributed by atoms with van der Waals surface area (Å²) in [6.07, 6.45) is 1.11. The minimum Gasteiger partial charge on any atom is -0.258 e. The number of aromatic nitrogens is 1. The van der Waals surface area contributed by atoms with Crippen molar-refractivity contribution in [3.05, 3.63) is 44.8 Å². The Bertz CT molecular complexity index is 559. The van der Waals surface area contributed by atoms with Gasteiger partial charge in [0.2, 0.25) is 0 Å². The second-order valence-corrected chi connectivity index (χ2v) is 3.76.